The van der Waals surface area contributed by atoms with Crippen LogP contribution < -0.4 is 0 Å². The molecule has 24 heavy (non-hydrogen) atoms. The molecular weight excluding hydrogens is 473 g/mol. The van der Waals surface area contributed by atoms with Crippen LogP contribution in [0.4, 0.5) is 43.9 Å². The summed E-state index contributed by atoms with van der Waals surface area (Å²) in [6.45, 7) is 1.74. The summed E-state index contributed by atoms with van der Waals surface area (Å²) in [4.78, 5) is 0. The number of rotatable bonds is 8. The minimum absolute atomic E-state index is 0.0803. The third-order valence-corrected chi connectivity index (χ3v) is 3.56. The van der Waals surface area contributed by atoms with Gasteiger partial charge in [-0.05, 0) is 23.7 Å². The molecular formula is C13H19F10I. The third kappa shape index (κ3) is 10.8. The fourth-order valence-corrected chi connectivity index (χ4v) is 1.86. The summed E-state index contributed by atoms with van der Waals surface area (Å²) in [5.74, 6) is -9.03. The molecule has 0 aliphatic rings. The van der Waals surface area contributed by atoms with Crippen molar-refractivity contribution in [1.82, 2.24) is 0 Å². The van der Waals surface area contributed by atoms with Gasteiger partial charge in [-0.25, -0.2) is 0 Å². The monoisotopic (exact) mass is 492 g/mol. The maximum atomic E-state index is 12.1. The van der Waals surface area contributed by atoms with Crippen molar-refractivity contribution in [2.45, 2.75) is 76.1 Å². The lowest BCUT2D eigenvalue weighted by Crippen LogP contribution is -2.36. The molecule has 0 saturated heterocycles. The Labute approximate surface area is 147 Å². The summed E-state index contributed by atoms with van der Waals surface area (Å²) in [6, 6.07) is 0. The van der Waals surface area contributed by atoms with Crippen LogP contribution in [0.5, 0.6) is 0 Å². The van der Waals surface area contributed by atoms with Crippen LogP contribution in [-0.2, 0) is 0 Å². The zero-order valence-corrected chi connectivity index (χ0v) is 15.0. The highest BCUT2D eigenvalue weighted by Crippen LogP contribution is 2.39. The molecule has 0 saturated carbocycles. The second-order valence-electron chi connectivity index (χ2n) is 5.01. The number of unbranched alkanes of at least 4 members (excludes halogenated alkanes) is 3. The van der Waals surface area contributed by atoms with E-state index >= 15 is 0 Å². The SMILES string of the molecule is CCCCCC(F)(F)C(F)(F)F.FC(F)(F)C(F)(F)CCCCI. The van der Waals surface area contributed by atoms with Crippen LogP contribution in [0.1, 0.15) is 51.9 Å². The van der Waals surface area contributed by atoms with Crippen LogP contribution in [-0.4, -0.2) is 28.6 Å². The van der Waals surface area contributed by atoms with Gasteiger partial charge in [-0.2, -0.15) is 43.9 Å². The summed E-state index contributed by atoms with van der Waals surface area (Å²) in [7, 11) is 0. The summed E-state index contributed by atoms with van der Waals surface area (Å²) in [5.41, 5.74) is 0. The Hall–Kier alpha value is 0.0300. The highest BCUT2D eigenvalue weighted by molar-refractivity contribution is 14.1. The molecule has 0 aliphatic carbocycles. The Kier molecular flexibility index (Phi) is 11.9. The van der Waals surface area contributed by atoms with Crippen molar-refractivity contribution < 1.29 is 43.9 Å². The Morgan fingerprint density at radius 3 is 1.17 bits per heavy atom. The predicted octanol–water partition coefficient (Wildman–Crippen LogP) is 7.55. The summed E-state index contributed by atoms with van der Waals surface area (Å²) in [5, 5.41) is 0. The lowest BCUT2D eigenvalue weighted by atomic mass is 10.1. The smallest absolute Gasteiger partial charge is 0.196 e. The molecule has 148 valence electrons. The molecule has 0 spiro atoms. The van der Waals surface area contributed by atoms with Gasteiger partial charge < -0.3 is 0 Å². The lowest BCUT2D eigenvalue weighted by molar-refractivity contribution is -0.284. The quantitative estimate of drug-likeness (QED) is 0.142. The van der Waals surface area contributed by atoms with Crippen LogP contribution in [0.15, 0.2) is 0 Å². The molecule has 0 atom stereocenters. The van der Waals surface area contributed by atoms with E-state index in [4.69, 9.17) is 0 Å². The van der Waals surface area contributed by atoms with Crippen molar-refractivity contribution in [2.75, 3.05) is 4.43 Å². The molecule has 0 fully saturated rings. The molecule has 0 radical (unpaired) electrons. The molecule has 0 aliphatic heterocycles. The normalized spacial score (nSPS) is 13.5. The van der Waals surface area contributed by atoms with Gasteiger partial charge in [0, 0.05) is 12.8 Å². The maximum absolute atomic E-state index is 12.1. The molecule has 0 rings (SSSR count). The molecule has 0 amide bonds. The van der Waals surface area contributed by atoms with E-state index in [0.717, 1.165) is 0 Å². The zero-order chi connectivity index (χ0) is 19.7. The highest BCUT2D eigenvalue weighted by Gasteiger charge is 2.57. The second kappa shape index (κ2) is 10.9. The summed E-state index contributed by atoms with van der Waals surface area (Å²) < 4.78 is 118. The van der Waals surface area contributed by atoms with Crippen molar-refractivity contribution in [1.29, 1.82) is 0 Å². The predicted molar refractivity (Wildman–Crippen MR) is 78.9 cm³/mol. The van der Waals surface area contributed by atoms with Gasteiger partial charge in [-0.3, -0.25) is 0 Å². The fourth-order valence-electron chi connectivity index (χ4n) is 1.32. The van der Waals surface area contributed by atoms with Crippen LogP contribution in [0, 0.1) is 0 Å². The zero-order valence-electron chi connectivity index (χ0n) is 12.8. The minimum atomic E-state index is -5.39. The van der Waals surface area contributed by atoms with E-state index in [0.29, 0.717) is 23.7 Å². The van der Waals surface area contributed by atoms with Gasteiger partial charge in [0.25, 0.3) is 0 Å². The van der Waals surface area contributed by atoms with E-state index in [9.17, 15) is 43.9 Å². The molecule has 0 heterocycles. The Morgan fingerprint density at radius 1 is 0.583 bits per heavy atom. The molecule has 0 aromatic heterocycles. The molecule has 0 N–H and O–H groups in total. The average Bonchev–Trinajstić information content (AvgIpc) is 2.37. The first kappa shape index (κ1) is 26.3. The number of hydrogen-bond acceptors (Lipinski definition) is 0. The van der Waals surface area contributed by atoms with Gasteiger partial charge in [0.2, 0.25) is 0 Å². The summed E-state index contributed by atoms with van der Waals surface area (Å²) in [6.07, 6.45) is -11.7. The van der Waals surface area contributed by atoms with Crippen molar-refractivity contribution in [3.63, 3.8) is 0 Å². The van der Waals surface area contributed by atoms with Gasteiger partial charge >= 0.3 is 24.2 Å². The van der Waals surface area contributed by atoms with Gasteiger partial charge in [0.1, 0.15) is 0 Å². The minimum Gasteiger partial charge on any atom is -0.196 e. The summed E-state index contributed by atoms with van der Waals surface area (Å²) >= 11 is 1.93. The lowest BCUT2D eigenvalue weighted by Gasteiger charge is -2.18. The van der Waals surface area contributed by atoms with Crippen LogP contribution in [0.2, 0.25) is 0 Å². The number of hydrogen-bond donors (Lipinski definition) is 0. The first-order valence-electron chi connectivity index (χ1n) is 7.07. The van der Waals surface area contributed by atoms with Gasteiger partial charge in [0.15, 0.2) is 0 Å². The Balaban J connectivity index is 0. The van der Waals surface area contributed by atoms with Gasteiger partial charge in [-0.1, -0.05) is 42.4 Å². The van der Waals surface area contributed by atoms with E-state index in [1.807, 2.05) is 22.6 Å². The number of alkyl halides is 11. The van der Waals surface area contributed by atoms with E-state index < -0.39 is 37.0 Å². The molecule has 0 unspecified atom stereocenters. The first-order chi connectivity index (χ1) is 10.6. The topological polar surface area (TPSA) is 0 Å². The van der Waals surface area contributed by atoms with Crippen molar-refractivity contribution in [3.8, 4) is 0 Å². The Bertz CT molecular complexity index is 290. The third-order valence-electron chi connectivity index (χ3n) is 2.80. The highest BCUT2D eigenvalue weighted by atomic mass is 127. The van der Waals surface area contributed by atoms with Crippen LogP contribution >= 0.6 is 22.6 Å². The van der Waals surface area contributed by atoms with E-state index in [-0.39, 0.29) is 12.8 Å². The largest absolute Gasteiger partial charge is 0.453 e. The van der Waals surface area contributed by atoms with Crippen LogP contribution in [0.3, 0.4) is 0 Å². The average molecular weight is 492 g/mol. The molecule has 0 nitrogen and oxygen atoms in total. The first-order valence-corrected chi connectivity index (χ1v) is 8.60. The maximum Gasteiger partial charge on any atom is 0.453 e. The standard InChI is InChI=1S/C7H11F5.C6H8F5I/c1-2-3-4-5-6(8,9)7(10,11)12;7-5(8,6(9,10)11)3-1-2-4-12/h2-5H2,1H3;1-4H2. The Morgan fingerprint density at radius 2 is 0.917 bits per heavy atom. The van der Waals surface area contributed by atoms with E-state index in [1.54, 1.807) is 6.92 Å². The van der Waals surface area contributed by atoms with Crippen molar-refractivity contribution in [3.05, 3.63) is 0 Å². The fraction of sp³-hybridized carbons (Fsp3) is 1.00. The second-order valence-corrected chi connectivity index (χ2v) is 6.09. The molecule has 0 aromatic rings. The number of halogens is 11. The van der Waals surface area contributed by atoms with Crippen molar-refractivity contribution in [2.24, 2.45) is 0 Å². The molecule has 11 heteroatoms. The molecule has 0 bridgehead atoms. The van der Waals surface area contributed by atoms with E-state index in [2.05, 4.69) is 0 Å². The van der Waals surface area contributed by atoms with Gasteiger partial charge in [-0.15, -0.1) is 0 Å². The van der Waals surface area contributed by atoms with Gasteiger partial charge in [0.05, 0.1) is 0 Å². The van der Waals surface area contributed by atoms with Crippen LogP contribution in [0.25, 0.3) is 0 Å². The van der Waals surface area contributed by atoms with Crippen molar-refractivity contribution >= 4 is 22.6 Å². The van der Waals surface area contributed by atoms with E-state index in [1.165, 1.54) is 0 Å². The molecule has 0 aromatic carbocycles.